The standard InChI is InChI=1S/C26H24/c1-5-21(3)14-9-7-10-16-24-20-23-17-11-8-12-18-25(23)26(24)19-13-15-22(4)6-2/h1-2,7-13,15-21H,14H2,3-4H3/b9-7+,16-10+,19-13-,22-15+. The smallest absolute Gasteiger partial charge is 0.0206 e. The predicted octanol–water partition coefficient (Wildman–Crippen LogP) is 6.61. The van der Waals surface area contributed by atoms with E-state index in [2.05, 4.69) is 72.6 Å². The molecule has 0 fully saturated rings. The number of terminal acetylenes is 2. The van der Waals surface area contributed by atoms with Crippen LogP contribution < -0.4 is 0 Å². The fourth-order valence-corrected chi connectivity index (χ4v) is 2.58. The summed E-state index contributed by atoms with van der Waals surface area (Å²) in [5.41, 5.74) is 5.73. The minimum absolute atomic E-state index is 0.269. The molecule has 0 aliphatic heterocycles. The van der Waals surface area contributed by atoms with Crippen LogP contribution in [0.15, 0.2) is 72.4 Å². The highest BCUT2D eigenvalue weighted by Gasteiger charge is 2.10. The molecule has 2 rings (SSSR count). The van der Waals surface area contributed by atoms with Gasteiger partial charge in [0.1, 0.15) is 0 Å². The van der Waals surface area contributed by atoms with Gasteiger partial charge in [0.05, 0.1) is 0 Å². The highest BCUT2D eigenvalue weighted by molar-refractivity contribution is 5.86. The zero-order valence-electron chi connectivity index (χ0n) is 15.4. The van der Waals surface area contributed by atoms with Gasteiger partial charge >= 0.3 is 0 Å². The lowest BCUT2D eigenvalue weighted by molar-refractivity contribution is 0.774. The molecule has 0 aromatic carbocycles. The zero-order chi connectivity index (χ0) is 18.8. The van der Waals surface area contributed by atoms with Gasteiger partial charge in [-0.2, -0.15) is 0 Å². The van der Waals surface area contributed by atoms with Gasteiger partial charge in [0, 0.05) is 5.92 Å². The monoisotopic (exact) mass is 336 g/mol. The van der Waals surface area contributed by atoms with Gasteiger partial charge < -0.3 is 0 Å². The van der Waals surface area contributed by atoms with Crippen molar-refractivity contribution in [1.29, 1.82) is 0 Å². The Labute approximate surface area is 158 Å². The summed E-state index contributed by atoms with van der Waals surface area (Å²) in [6.45, 7) is 3.98. The van der Waals surface area contributed by atoms with Crippen molar-refractivity contribution in [3.05, 3.63) is 83.5 Å². The van der Waals surface area contributed by atoms with Crippen molar-refractivity contribution in [3.8, 4) is 35.8 Å². The molecule has 0 saturated heterocycles. The van der Waals surface area contributed by atoms with E-state index in [1.165, 1.54) is 22.3 Å². The second-order valence-electron chi connectivity index (χ2n) is 6.24. The molecule has 2 aliphatic carbocycles. The average Bonchev–Trinajstić information content (AvgIpc) is 2.81. The summed E-state index contributed by atoms with van der Waals surface area (Å²) in [7, 11) is 0. The summed E-state index contributed by atoms with van der Waals surface area (Å²) in [5, 5.41) is 0. The quantitative estimate of drug-likeness (QED) is 0.411. The Hall–Kier alpha value is -3.22. The second-order valence-corrected chi connectivity index (χ2v) is 6.24. The highest BCUT2D eigenvalue weighted by atomic mass is 14.1. The van der Waals surface area contributed by atoms with Gasteiger partial charge in [-0.1, -0.05) is 85.7 Å². The first-order valence-electron chi connectivity index (χ1n) is 8.78. The third-order valence-electron chi connectivity index (χ3n) is 4.12. The SMILES string of the molecule is C#C/C(C)=C/C=C\c1c(/C=C/C=C/CC(C)C#C)cc2cccccc1-2. The molecule has 1 unspecified atom stereocenters. The first-order valence-corrected chi connectivity index (χ1v) is 8.78. The van der Waals surface area contributed by atoms with Crippen LogP contribution in [-0.2, 0) is 0 Å². The third kappa shape index (κ3) is 5.41. The lowest BCUT2D eigenvalue weighted by atomic mass is 10.1. The molecule has 0 saturated carbocycles. The van der Waals surface area contributed by atoms with Gasteiger partial charge in [0.15, 0.2) is 0 Å². The normalized spacial score (nSPS) is 13.5. The number of rotatable bonds is 6. The van der Waals surface area contributed by atoms with Crippen LogP contribution in [0.2, 0.25) is 0 Å². The summed E-state index contributed by atoms with van der Waals surface area (Å²) in [5.74, 6) is 5.64. The Morgan fingerprint density at radius 1 is 1.08 bits per heavy atom. The minimum atomic E-state index is 0.269. The van der Waals surface area contributed by atoms with Crippen molar-refractivity contribution >= 4 is 12.2 Å². The van der Waals surface area contributed by atoms with Crippen LogP contribution in [0.5, 0.6) is 0 Å². The molecule has 128 valence electrons. The average molecular weight is 336 g/mol. The molecule has 0 heterocycles. The zero-order valence-corrected chi connectivity index (χ0v) is 15.4. The van der Waals surface area contributed by atoms with E-state index in [4.69, 9.17) is 12.8 Å². The number of hydrogen-bond acceptors (Lipinski definition) is 0. The van der Waals surface area contributed by atoms with Crippen molar-refractivity contribution < 1.29 is 0 Å². The summed E-state index contributed by atoms with van der Waals surface area (Å²) >= 11 is 0. The first-order chi connectivity index (χ1) is 12.7. The maximum atomic E-state index is 5.41. The van der Waals surface area contributed by atoms with Crippen molar-refractivity contribution in [2.75, 3.05) is 0 Å². The second kappa shape index (κ2) is 9.93. The van der Waals surface area contributed by atoms with Gasteiger partial charge in [0.2, 0.25) is 0 Å². The fraction of sp³-hybridized carbons (Fsp3) is 0.154. The van der Waals surface area contributed by atoms with Gasteiger partial charge in [-0.25, -0.2) is 0 Å². The van der Waals surface area contributed by atoms with Crippen LogP contribution >= 0.6 is 0 Å². The Balaban J connectivity index is 2.33. The van der Waals surface area contributed by atoms with Crippen LogP contribution in [0.1, 0.15) is 31.4 Å². The number of allylic oxidation sites excluding steroid dienone is 6. The third-order valence-corrected chi connectivity index (χ3v) is 4.12. The molecule has 26 heavy (non-hydrogen) atoms. The lowest BCUT2D eigenvalue weighted by Crippen LogP contribution is -1.84. The highest BCUT2D eigenvalue weighted by Crippen LogP contribution is 2.33. The van der Waals surface area contributed by atoms with Crippen LogP contribution in [0.25, 0.3) is 23.3 Å². The Kier molecular flexibility index (Phi) is 7.30. The van der Waals surface area contributed by atoms with Crippen LogP contribution in [-0.4, -0.2) is 0 Å². The molecule has 0 nitrogen and oxygen atoms in total. The molecule has 0 amide bonds. The molecule has 0 aromatic rings. The molecule has 0 spiro atoms. The van der Waals surface area contributed by atoms with E-state index in [9.17, 15) is 0 Å². The lowest BCUT2D eigenvalue weighted by Gasteiger charge is -1.97. The molecule has 2 aliphatic rings. The maximum Gasteiger partial charge on any atom is 0.0206 e. The van der Waals surface area contributed by atoms with Crippen molar-refractivity contribution in [3.63, 3.8) is 0 Å². The maximum absolute atomic E-state index is 5.41. The predicted molar refractivity (Wildman–Crippen MR) is 115 cm³/mol. The van der Waals surface area contributed by atoms with E-state index in [0.29, 0.717) is 0 Å². The number of hydrogen-bond donors (Lipinski definition) is 0. The van der Waals surface area contributed by atoms with Crippen LogP contribution in [0.4, 0.5) is 0 Å². The molecular weight excluding hydrogens is 312 g/mol. The molecule has 0 radical (unpaired) electrons. The fourth-order valence-electron chi connectivity index (χ4n) is 2.58. The van der Waals surface area contributed by atoms with Crippen molar-refractivity contribution in [1.82, 2.24) is 0 Å². The molecule has 0 N–H and O–H groups in total. The Morgan fingerprint density at radius 3 is 2.65 bits per heavy atom. The van der Waals surface area contributed by atoms with Gasteiger partial charge in [-0.05, 0) is 47.2 Å². The van der Waals surface area contributed by atoms with Gasteiger partial charge in [0.25, 0.3) is 0 Å². The van der Waals surface area contributed by atoms with Crippen molar-refractivity contribution in [2.24, 2.45) is 5.92 Å². The summed E-state index contributed by atoms with van der Waals surface area (Å²) < 4.78 is 0. The Morgan fingerprint density at radius 2 is 1.88 bits per heavy atom. The summed E-state index contributed by atoms with van der Waals surface area (Å²) in [6.07, 6.45) is 26.2. The van der Waals surface area contributed by atoms with E-state index >= 15 is 0 Å². The molecule has 0 heteroatoms. The van der Waals surface area contributed by atoms with E-state index in [1.807, 2.05) is 32.1 Å². The van der Waals surface area contributed by atoms with Gasteiger partial charge in [-0.15, -0.1) is 18.8 Å². The topological polar surface area (TPSA) is 0 Å². The van der Waals surface area contributed by atoms with E-state index in [0.717, 1.165) is 12.0 Å². The molecular formula is C26H24. The molecule has 1 atom stereocenters. The minimum Gasteiger partial charge on any atom is -0.120 e. The van der Waals surface area contributed by atoms with E-state index < -0.39 is 0 Å². The summed E-state index contributed by atoms with van der Waals surface area (Å²) in [6, 6.07) is 12.7. The Bertz CT molecular complexity index is 904. The van der Waals surface area contributed by atoms with E-state index in [-0.39, 0.29) is 5.92 Å². The van der Waals surface area contributed by atoms with E-state index in [1.54, 1.807) is 0 Å². The van der Waals surface area contributed by atoms with Gasteiger partial charge in [-0.3, -0.25) is 0 Å². The molecule has 0 aromatic heterocycles. The summed E-state index contributed by atoms with van der Waals surface area (Å²) in [4.78, 5) is 0. The van der Waals surface area contributed by atoms with Crippen LogP contribution in [0, 0.1) is 30.6 Å². The van der Waals surface area contributed by atoms with Crippen LogP contribution in [0.3, 0.4) is 0 Å². The largest absolute Gasteiger partial charge is 0.120 e. The number of fused-ring (bicyclic) bond motifs is 1. The molecule has 0 bridgehead atoms. The first kappa shape index (κ1) is 19.1. The van der Waals surface area contributed by atoms with Crippen molar-refractivity contribution in [2.45, 2.75) is 20.3 Å².